The van der Waals surface area contributed by atoms with Crippen molar-refractivity contribution in [2.45, 2.75) is 19.3 Å². The van der Waals surface area contributed by atoms with Crippen LogP contribution in [0.1, 0.15) is 33.8 Å². The third-order valence-corrected chi connectivity index (χ3v) is 6.74. The van der Waals surface area contributed by atoms with Crippen molar-refractivity contribution in [1.82, 2.24) is 9.97 Å². The average Bonchev–Trinajstić information content (AvgIpc) is 3.45. The van der Waals surface area contributed by atoms with E-state index in [1.165, 1.54) is 24.2 Å². The van der Waals surface area contributed by atoms with Crippen LogP contribution in [0.25, 0.3) is 10.6 Å². The lowest BCUT2D eigenvalue weighted by molar-refractivity contribution is 0.0984. The minimum Gasteiger partial charge on any atom is -0.398 e. The Balaban J connectivity index is 1.41. The first-order chi connectivity index (χ1) is 14.6. The van der Waals surface area contributed by atoms with Gasteiger partial charge < -0.3 is 15.5 Å². The highest BCUT2D eigenvalue weighted by Crippen LogP contribution is 2.34. The number of thiazole rings is 1. The van der Waals surface area contributed by atoms with Crippen molar-refractivity contribution >= 4 is 34.4 Å². The lowest BCUT2D eigenvalue weighted by atomic mass is 10.1. The Bertz CT molecular complexity index is 1160. The van der Waals surface area contributed by atoms with Gasteiger partial charge in [0.25, 0.3) is 5.91 Å². The standard InChI is InChI=1S/C22H20N6OS/c23-12-15-11-16(4-5-17(15)24)28-10-7-18-20(22(28)29)30-21(26-18)14-3-6-19(25-13-14)27-8-1-2-9-27/h3-6,11,13H,1-2,7-10,24H2. The highest BCUT2D eigenvalue weighted by molar-refractivity contribution is 7.17. The first kappa shape index (κ1) is 18.6. The summed E-state index contributed by atoms with van der Waals surface area (Å²) in [5.41, 5.74) is 9.04. The zero-order valence-corrected chi connectivity index (χ0v) is 17.2. The van der Waals surface area contributed by atoms with E-state index in [0.29, 0.717) is 34.8 Å². The lowest BCUT2D eigenvalue weighted by Gasteiger charge is -2.26. The maximum Gasteiger partial charge on any atom is 0.270 e. The quantitative estimate of drug-likeness (QED) is 0.657. The van der Waals surface area contributed by atoms with E-state index in [1.54, 1.807) is 23.1 Å². The molecule has 3 aromatic rings. The molecule has 1 amide bonds. The lowest BCUT2D eigenvalue weighted by Crippen LogP contribution is -2.37. The predicted octanol–water partition coefficient (Wildman–Crippen LogP) is 3.46. The van der Waals surface area contributed by atoms with E-state index in [0.717, 1.165) is 35.2 Å². The Morgan fingerprint density at radius 2 is 1.97 bits per heavy atom. The molecule has 1 fully saturated rings. The largest absolute Gasteiger partial charge is 0.398 e. The number of nitrogens with two attached hydrogens (primary N) is 1. The molecule has 0 saturated carbocycles. The second kappa shape index (κ2) is 7.43. The van der Waals surface area contributed by atoms with E-state index in [1.807, 2.05) is 18.3 Å². The summed E-state index contributed by atoms with van der Waals surface area (Å²) in [5.74, 6) is 0.909. The van der Waals surface area contributed by atoms with Crippen LogP contribution in [-0.4, -0.2) is 35.5 Å². The molecular weight excluding hydrogens is 396 g/mol. The Morgan fingerprint density at radius 1 is 1.13 bits per heavy atom. The smallest absolute Gasteiger partial charge is 0.270 e. The Hall–Kier alpha value is -3.44. The molecule has 7 nitrogen and oxygen atoms in total. The molecule has 5 rings (SSSR count). The number of hydrogen-bond donors (Lipinski definition) is 1. The summed E-state index contributed by atoms with van der Waals surface area (Å²) < 4.78 is 0. The van der Waals surface area contributed by atoms with Gasteiger partial charge in [-0.25, -0.2) is 9.97 Å². The third kappa shape index (κ3) is 3.17. The van der Waals surface area contributed by atoms with E-state index in [4.69, 9.17) is 10.7 Å². The van der Waals surface area contributed by atoms with Crippen LogP contribution in [0.15, 0.2) is 36.5 Å². The number of nitrogens with zero attached hydrogens (tertiary/aromatic N) is 5. The van der Waals surface area contributed by atoms with E-state index in [-0.39, 0.29) is 5.91 Å². The normalized spacial score (nSPS) is 15.9. The molecular formula is C22H20N6OS. The minimum atomic E-state index is -0.0877. The molecule has 0 radical (unpaired) electrons. The molecule has 2 N–H and O–H groups in total. The van der Waals surface area contributed by atoms with Gasteiger partial charge in [-0.1, -0.05) is 0 Å². The van der Waals surface area contributed by atoms with Gasteiger partial charge in [-0.05, 0) is 43.2 Å². The molecule has 0 unspecified atom stereocenters. The van der Waals surface area contributed by atoms with Crippen molar-refractivity contribution < 1.29 is 4.79 Å². The number of benzene rings is 1. The molecule has 8 heteroatoms. The topological polar surface area (TPSA) is 99.1 Å². The summed E-state index contributed by atoms with van der Waals surface area (Å²) in [5, 5.41) is 10.0. The van der Waals surface area contributed by atoms with Crippen LogP contribution in [0.2, 0.25) is 0 Å². The van der Waals surface area contributed by atoms with Gasteiger partial charge in [-0.3, -0.25) is 4.79 Å². The third-order valence-electron chi connectivity index (χ3n) is 5.60. The van der Waals surface area contributed by atoms with Gasteiger partial charge in [0.2, 0.25) is 0 Å². The molecule has 0 atom stereocenters. The number of anilines is 3. The predicted molar refractivity (Wildman–Crippen MR) is 118 cm³/mol. The number of amides is 1. The second-order valence-corrected chi connectivity index (χ2v) is 8.48. The highest BCUT2D eigenvalue weighted by atomic mass is 32.1. The fraction of sp³-hybridized carbons (Fsp3) is 0.273. The number of rotatable bonds is 3. The summed E-state index contributed by atoms with van der Waals surface area (Å²) in [6.07, 6.45) is 4.94. The van der Waals surface area contributed by atoms with Crippen LogP contribution < -0.4 is 15.5 Å². The molecule has 0 bridgehead atoms. The molecule has 0 aliphatic carbocycles. The number of pyridine rings is 1. The molecule has 30 heavy (non-hydrogen) atoms. The second-order valence-electron chi connectivity index (χ2n) is 7.48. The van der Waals surface area contributed by atoms with Crippen molar-refractivity contribution in [3.05, 3.63) is 52.7 Å². The number of fused-ring (bicyclic) bond motifs is 1. The van der Waals surface area contributed by atoms with Crippen molar-refractivity contribution in [2.24, 2.45) is 0 Å². The van der Waals surface area contributed by atoms with Gasteiger partial charge in [-0.15, -0.1) is 11.3 Å². The fourth-order valence-corrected chi connectivity index (χ4v) is 5.01. The van der Waals surface area contributed by atoms with Crippen molar-refractivity contribution in [1.29, 1.82) is 5.26 Å². The zero-order chi connectivity index (χ0) is 20.7. The number of aromatic nitrogens is 2. The molecule has 1 aromatic carbocycles. The van der Waals surface area contributed by atoms with Gasteiger partial charge in [0.15, 0.2) is 0 Å². The highest BCUT2D eigenvalue weighted by Gasteiger charge is 2.30. The maximum atomic E-state index is 13.1. The summed E-state index contributed by atoms with van der Waals surface area (Å²) >= 11 is 1.40. The van der Waals surface area contributed by atoms with Gasteiger partial charge in [0.05, 0.1) is 11.3 Å². The van der Waals surface area contributed by atoms with E-state index >= 15 is 0 Å². The van der Waals surface area contributed by atoms with Crippen molar-refractivity contribution in [3.63, 3.8) is 0 Å². The maximum absolute atomic E-state index is 13.1. The van der Waals surface area contributed by atoms with Crippen LogP contribution in [-0.2, 0) is 6.42 Å². The van der Waals surface area contributed by atoms with Crippen LogP contribution in [0.4, 0.5) is 17.2 Å². The van der Waals surface area contributed by atoms with Crippen LogP contribution >= 0.6 is 11.3 Å². The molecule has 1 saturated heterocycles. The van der Waals surface area contributed by atoms with Gasteiger partial charge in [0, 0.05) is 49.2 Å². The monoisotopic (exact) mass is 416 g/mol. The Labute approximate surface area is 178 Å². The van der Waals surface area contributed by atoms with Crippen LogP contribution in [0.3, 0.4) is 0 Å². The molecule has 2 aliphatic heterocycles. The first-order valence-electron chi connectivity index (χ1n) is 9.96. The van der Waals surface area contributed by atoms with Gasteiger partial charge in [-0.2, -0.15) is 5.26 Å². The van der Waals surface area contributed by atoms with Crippen LogP contribution in [0.5, 0.6) is 0 Å². The molecule has 2 aliphatic rings. The van der Waals surface area contributed by atoms with Gasteiger partial charge in [0.1, 0.15) is 21.8 Å². The zero-order valence-electron chi connectivity index (χ0n) is 16.3. The average molecular weight is 417 g/mol. The Kier molecular flexibility index (Phi) is 4.60. The first-order valence-corrected chi connectivity index (χ1v) is 10.8. The molecule has 2 aromatic heterocycles. The number of nitriles is 1. The minimum absolute atomic E-state index is 0.0877. The number of carbonyl (C=O) groups is 1. The van der Waals surface area contributed by atoms with Gasteiger partial charge >= 0.3 is 0 Å². The fourth-order valence-electron chi connectivity index (χ4n) is 3.95. The van der Waals surface area contributed by atoms with Crippen molar-refractivity contribution in [3.8, 4) is 16.6 Å². The van der Waals surface area contributed by atoms with E-state index in [9.17, 15) is 10.1 Å². The van der Waals surface area contributed by atoms with Crippen molar-refractivity contribution in [2.75, 3.05) is 35.2 Å². The number of nitrogen functional groups attached to an aromatic ring is 1. The Morgan fingerprint density at radius 3 is 2.70 bits per heavy atom. The molecule has 0 spiro atoms. The van der Waals surface area contributed by atoms with E-state index in [2.05, 4.69) is 16.0 Å². The van der Waals surface area contributed by atoms with Crippen LogP contribution in [0, 0.1) is 11.3 Å². The summed E-state index contributed by atoms with van der Waals surface area (Å²) in [7, 11) is 0. The summed E-state index contributed by atoms with van der Waals surface area (Å²) in [6.45, 7) is 2.64. The molecule has 150 valence electrons. The number of hydrogen-bond acceptors (Lipinski definition) is 7. The number of carbonyl (C=O) groups excluding carboxylic acids is 1. The molecule has 4 heterocycles. The summed E-state index contributed by atoms with van der Waals surface area (Å²) in [4.78, 5) is 27.1. The van der Waals surface area contributed by atoms with E-state index < -0.39 is 0 Å². The summed E-state index contributed by atoms with van der Waals surface area (Å²) in [6, 6.07) is 11.3. The SMILES string of the molecule is N#Cc1cc(N2CCc3nc(-c4ccc(N5CCCC5)nc4)sc3C2=O)ccc1N.